The Hall–Kier alpha value is -0.840. The van der Waals surface area contributed by atoms with Gasteiger partial charge in [-0.2, -0.15) is 5.26 Å². The number of hydrogen-bond acceptors (Lipinski definition) is 2. The normalized spacial score (nSPS) is 15.4. The minimum absolute atomic E-state index is 0.0367. The molecule has 0 rings (SSSR count). The summed E-state index contributed by atoms with van der Waals surface area (Å²) in [6.45, 7) is 5.46. The second kappa shape index (κ2) is 4.05. The molecule has 2 nitrogen and oxygen atoms in total. The fourth-order valence-electron chi connectivity index (χ4n) is 0.692. The predicted molar refractivity (Wildman–Crippen MR) is 39.2 cm³/mol. The Labute approximate surface area is 61.8 Å². The molecule has 0 spiro atoms. The quantitative estimate of drug-likeness (QED) is 0.597. The van der Waals surface area contributed by atoms with Gasteiger partial charge in [-0.1, -0.05) is 13.8 Å². The SMILES string of the molecule is CCC(C)C(=O)C(C)C#N. The molecule has 10 heavy (non-hydrogen) atoms. The molecule has 0 heterocycles. The molecule has 0 bridgehead atoms. The van der Waals surface area contributed by atoms with Crippen LogP contribution < -0.4 is 0 Å². The predicted octanol–water partition coefficient (Wildman–Crippen LogP) is 1.76. The van der Waals surface area contributed by atoms with Crippen molar-refractivity contribution in [2.24, 2.45) is 11.8 Å². The fourth-order valence-corrected chi connectivity index (χ4v) is 0.692. The van der Waals surface area contributed by atoms with Crippen LogP contribution in [0.15, 0.2) is 0 Å². The Morgan fingerprint density at radius 3 is 2.40 bits per heavy atom. The second-order valence-electron chi connectivity index (χ2n) is 2.56. The van der Waals surface area contributed by atoms with E-state index in [0.717, 1.165) is 6.42 Å². The Bertz CT molecular complexity index is 157. The van der Waals surface area contributed by atoms with Gasteiger partial charge in [-0.25, -0.2) is 0 Å². The molecule has 2 heteroatoms. The van der Waals surface area contributed by atoms with Crippen LogP contribution in [-0.4, -0.2) is 5.78 Å². The highest BCUT2D eigenvalue weighted by Gasteiger charge is 2.17. The highest BCUT2D eigenvalue weighted by atomic mass is 16.1. The Kier molecular flexibility index (Phi) is 3.71. The van der Waals surface area contributed by atoms with Gasteiger partial charge in [0.05, 0.1) is 6.07 Å². The van der Waals surface area contributed by atoms with Gasteiger partial charge in [-0.3, -0.25) is 4.79 Å². The van der Waals surface area contributed by atoms with Crippen LogP contribution in [0.3, 0.4) is 0 Å². The molecular weight excluding hydrogens is 126 g/mol. The maximum absolute atomic E-state index is 11.1. The first-order valence-corrected chi connectivity index (χ1v) is 3.56. The van der Waals surface area contributed by atoms with Crippen molar-refractivity contribution < 1.29 is 4.79 Å². The van der Waals surface area contributed by atoms with Crippen molar-refractivity contribution in [3.05, 3.63) is 0 Å². The Morgan fingerprint density at radius 1 is 1.60 bits per heavy atom. The van der Waals surface area contributed by atoms with E-state index in [-0.39, 0.29) is 11.7 Å². The molecule has 56 valence electrons. The third kappa shape index (κ3) is 2.18. The highest BCUT2D eigenvalue weighted by Crippen LogP contribution is 2.08. The summed E-state index contributed by atoms with van der Waals surface area (Å²) in [5, 5.41) is 8.38. The number of Topliss-reactive ketones (excluding diaryl/α,β-unsaturated/α-hetero) is 1. The number of hydrogen-bond donors (Lipinski definition) is 0. The molecule has 0 radical (unpaired) electrons. The van der Waals surface area contributed by atoms with Crippen molar-refractivity contribution in [2.75, 3.05) is 0 Å². The van der Waals surface area contributed by atoms with Crippen molar-refractivity contribution in [1.29, 1.82) is 5.26 Å². The minimum Gasteiger partial charge on any atom is -0.298 e. The van der Waals surface area contributed by atoms with Crippen LogP contribution in [0.4, 0.5) is 0 Å². The first-order valence-electron chi connectivity index (χ1n) is 3.56. The van der Waals surface area contributed by atoms with E-state index in [1.54, 1.807) is 6.92 Å². The van der Waals surface area contributed by atoms with E-state index in [0.29, 0.717) is 0 Å². The van der Waals surface area contributed by atoms with Crippen LogP contribution in [-0.2, 0) is 4.79 Å². The molecule has 0 amide bonds. The number of ketones is 1. The van der Waals surface area contributed by atoms with Crippen molar-refractivity contribution in [1.82, 2.24) is 0 Å². The molecule has 0 aliphatic carbocycles. The van der Waals surface area contributed by atoms with Crippen LogP contribution in [0.1, 0.15) is 27.2 Å². The highest BCUT2D eigenvalue weighted by molar-refractivity contribution is 5.84. The summed E-state index contributed by atoms with van der Waals surface area (Å²) in [4.78, 5) is 11.1. The van der Waals surface area contributed by atoms with E-state index in [2.05, 4.69) is 0 Å². The van der Waals surface area contributed by atoms with Crippen LogP contribution >= 0.6 is 0 Å². The van der Waals surface area contributed by atoms with E-state index in [1.165, 1.54) is 0 Å². The lowest BCUT2D eigenvalue weighted by atomic mass is 9.95. The zero-order chi connectivity index (χ0) is 8.15. The second-order valence-corrected chi connectivity index (χ2v) is 2.56. The van der Waals surface area contributed by atoms with Crippen LogP contribution in [0, 0.1) is 23.2 Å². The number of carbonyl (C=O) groups is 1. The lowest BCUT2D eigenvalue weighted by Gasteiger charge is -2.07. The van der Waals surface area contributed by atoms with E-state index >= 15 is 0 Å². The van der Waals surface area contributed by atoms with Crippen LogP contribution in [0.2, 0.25) is 0 Å². The fraction of sp³-hybridized carbons (Fsp3) is 0.750. The molecule has 0 aromatic heterocycles. The average Bonchev–Trinajstić information content (AvgIpc) is 2.00. The zero-order valence-electron chi connectivity index (χ0n) is 6.72. The monoisotopic (exact) mass is 139 g/mol. The topological polar surface area (TPSA) is 40.9 Å². The average molecular weight is 139 g/mol. The largest absolute Gasteiger partial charge is 0.298 e. The molecule has 0 saturated carbocycles. The molecule has 0 aliphatic rings. The van der Waals surface area contributed by atoms with Crippen molar-refractivity contribution in [3.8, 4) is 6.07 Å². The summed E-state index contributed by atoms with van der Waals surface area (Å²) < 4.78 is 0. The molecule has 0 fully saturated rings. The first kappa shape index (κ1) is 9.16. The summed E-state index contributed by atoms with van der Waals surface area (Å²) in [5.41, 5.74) is 0. The molecule has 0 aliphatic heterocycles. The van der Waals surface area contributed by atoms with E-state index < -0.39 is 5.92 Å². The molecule has 0 aromatic carbocycles. The Morgan fingerprint density at radius 2 is 2.10 bits per heavy atom. The van der Waals surface area contributed by atoms with Gasteiger partial charge in [0.2, 0.25) is 0 Å². The van der Waals surface area contributed by atoms with E-state index in [9.17, 15) is 4.79 Å². The van der Waals surface area contributed by atoms with Gasteiger partial charge in [0.1, 0.15) is 5.92 Å². The van der Waals surface area contributed by atoms with Crippen molar-refractivity contribution >= 4 is 5.78 Å². The standard InChI is InChI=1S/C8H13NO/c1-4-6(2)8(10)7(3)5-9/h6-7H,4H2,1-3H3. The van der Waals surface area contributed by atoms with Gasteiger partial charge in [0.25, 0.3) is 0 Å². The number of nitrogens with zero attached hydrogens (tertiary/aromatic N) is 1. The van der Waals surface area contributed by atoms with Gasteiger partial charge >= 0.3 is 0 Å². The molecule has 0 N–H and O–H groups in total. The minimum atomic E-state index is -0.435. The third-order valence-electron chi connectivity index (χ3n) is 1.72. The smallest absolute Gasteiger partial charge is 0.152 e. The van der Waals surface area contributed by atoms with Crippen LogP contribution in [0.25, 0.3) is 0 Å². The lowest BCUT2D eigenvalue weighted by molar-refractivity contribution is -0.124. The molecule has 2 unspecified atom stereocenters. The maximum atomic E-state index is 11.1. The van der Waals surface area contributed by atoms with E-state index in [1.807, 2.05) is 19.9 Å². The van der Waals surface area contributed by atoms with Gasteiger partial charge < -0.3 is 0 Å². The number of rotatable bonds is 3. The Balaban J connectivity index is 3.98. The van der Waals surface area contributed by atoms with Gasteiger partial charge in [-0.15, -0.1) is 0 Å². The van der Waals surface area contributed by atoms with E-state index in [4.69, 9.17) is 5.26 Å². The van der Waals surface area contributed by atoms with Gasteiger partial charge in [0.15, 0.2) is 5.78 Å². The van der Waals surface area contributed by atoms with Gasteiger partial charge in [0, 0.05) is 5.92 Å². The summed E-state index contributed by atoms with van der Waals surface area (Å²) in [6, 6.07) is 1.93. The summed E-state index contributed by atoms with van der Waals surface area (Å²) in [6.07, 6.45) is 0.824. The van der Waals surface area contributed by atoms with Crippen molar-refractivity contribution in [3.63, 3.8) is 0 Å². The number of nitriles is 1. The summed E-state index contributed by atoms with van der Waals surface area (Å²) >= 11 is 0. The first-order chi connectivity index (χ1) is 4.63. The van der Waals surface area contributed by atoms with Crippen LogP contribution in [0.5, 0.6) is 0 Å². The van der Waals surface area contributed by atoms with Gasteiger partial charge in [-0.05, 0) is 13.3 Å². The lowest BCUT2D eigenvalue weighted by Crippen LogP contribution is -2.17. The third-order valence-corrected chi connectivity index (χ3v) is 1.72. The van der Waals surface area contributed by atoms with Crippen molar-refractivity contribution in [2.45, 2.75) is 27.2 Å². The summed E-state index contributed by atoms with van der Waals surface area (Å²) in [7, 11) is 0. The number of carbonyl (C=O) groups excluding carboxylic acids is 1. The maximum Gasteiger partial charge on any atom is 0.152 e. The summed E-state index contributed by atoms with van der Waals surface area (Å²) in [5.74, 6) is -0.338. The zero-order valence-corrected chi connectivity index (χ0v) is 6.72. The molecule has 2 atom stereocenters. The molecule has 0 aromatic rings. The molecule has 0 saturated heterocycles. The molecular formula is C8H13NO.